The van der Waals surface area contributed by atoms with Crippen LogP contribution in [0.25, 0.3) is 0 Å². The summed E-state index contributed by atoms with van der Waals surface area (Å²) in [5.41, 5.74) is 0. The molecule has 0 N–H and O–H groups in total. The van der Waals surface area contributed by atoms with Crippen molar-refractivity contribution in [2.24, 2.45) is 11.8 Å². The van der Waals surface area contributed by atoms with E-state index in [9.17, 15) is 4.79 Å². The molecule has 2 aliphatic carbocycles. The molecular weight excluding hydrogens is 148 g/mol. The Balaban J connectivity index is 1.80. The van der Waals surface area contributed by atoms with E-state index in [1.54, 1.807) is 0 Å². The maximum absolute atomic E-state index is 11.5. The Labute approximate surface area is 74.5 Å². The molecule has 0 heterocycles. The summed E-state index contributed by atoms with van der Waals surface area (Å²) in [6.07, 6.45) is 9.92. The lowest BCUT2D eigenvalue weighted by Gasteiger charge is -2.30. The Kier molecular flexibility index (Phi) is 2.48. The summed E-state index contributed by atoms with van der Waals surface area (Å²) in [6.45, 7) is 0. The highest BCUT2D eigenvalue weighted by Gasteiger charge is 2.27. The first kappa shape index (κ1) is 8.28. The van der Waals surface area contributed by atoms with Gasteiger partial charge in [0, 0.05) is 12.3 Å². The zero-order valence-electron chi connectivity index (χ0n) is 7.72. The molecule has 0 radical (unpaired) electrons. The van der Waals surface area contributed by atoms with E-state index in [1.165, 1.54) is 38.5 Å². The average molecular weight is 166 g/mol. The third-order valence-corrected chi connectivity index (χ3v) is 3.52. The smallest absolute Gasteiger partial charge is 0.135 e. The molecule has 0 saturated heterocycles. The number of ketones is 1. The summed E-state index contributed by atoms with van der Waals surface area (Å²) >= 11 is 0. The van der Waals surface area contributed by atoms with E-state index < -0.39 is 0 Å². The first-order valence-corrected chi connectivity index (χ1v) is 5.39. The molecule has 0 amide bonds. The highest BCUT2D eigenvalue weighted by Crippen LogP contribution is 2.35. The molecule has 2 rings (SSSR count). The predicted octanol–water partition coefficient (Wildman–Crippen LogP) is 2.94. The van der Waals surface area contributed by atoms with Gasteiger partial charge in [-0.25, -0.2) is 0 Å². The standard InChI is InChI=1S/C11H18O/c12-11-7-2-1-6-10(11)8-9-4-3-5-9/h9-10H,1-8H2. The Bertz CT molecular complexity index is 170. The molecular formula is C11H18O. The number of rotatable bonds is 2. The van der Waals surface area contributed by atoms with Crippen LogP contribution in [0.2, 0.25) is 0 Å². The molecule has 0 aliphatic heterocycles. The Morgan fingerprint density at radius 2 is 1.92 bits per heavy atom. The van der Waals surface area contributed by atoms with Gasteiger partial charge in [-0.1, -0.05) is 25.7 Å². The molecule has 0 spiro atoms. The van der Waals surface area contributed by atoms with Gasteiger partial charge in [0.05, 0.1) is 0 Å². The van der Waals surface area contributed by atoms with Crippen LogP contribution in [0.1, 0.15) is 51.4 Å². The van der Waals surface area contributed by atoms with E-state index in [0.717, 1.165) is 18.8 Å². The van der Waals surface area contributed by atoms with Crippen LogP contribution in [-0.4, -0.2) is 5.78 Å². The SMILES string of the molecule is O=C1CCCCC1CC1CCC1. The summed E-state index contributed by atoms with van der Waals surface area (Å²) in [4.78, 5) is 11.5. The van der Waals surface area contributed by atoms with Gasteiger partial charge in [0.25, 0.3) is 0 Å². The van der Waals surface area contributed by atoms with Crippen molar-refractivity contribution in [2.75, 3.05) is 0 Å². The number of hydrogen-bond acceptors (Lipinski definition) is 1. The molecule has 68 valence electrons. The lowest BCUT2D eigenvalue weighted by molar-refractivity contribution is -0.125. The molecule has 2 aliphatic rings. The summed E-state index contributed by atoms with van der Waals surface area (Å²) in [5.74, 6) is 1.94. The minimum absolute atomic E-state index is 0.462. The van der Waals surface area contributed by atoms with Crippen LogP contribution in [0.5, 0.6) is 0 Å². The summed E-state index contributed by atoms with van der Waals surface area (Å²) in [7, 11) is 0. The highest BCUT2D eigenvalue weighted by atomic mass is 16.1. The highest BCUT2D eigenvalue weighted by molar-refractivity contribution is 5.81. The number of hydrogen-bond donors (Lipinski definition) is 0. The number of Topliss-reactive ketones (excluding diaryl/α,β-unsaturated/α-hetero) is 1. The van der Waals surface area contributed by atoms with Crippen molar-refractivity contribution in [3.8, 4) is 0 Å². The van der Waals surface area contributed by atoms with Crippen molar-refractivity contribution in [2.45, 2.75) is 51.4 Å². The van der Waals surface area contributed by atoms with Crippen LogP contribution in [0.4, 0.5) is 0 Å². The first-order valence-electron chi connectivity index (χ1n) is 5.39. The third kappa shape index (κ3) is 1.70. The summed E-state index contributed by atoms with van der Waals surface area (Å²) in [6, 6.07) is 0. The lowest BCUT2D eigenvalue weighted by Crippen LogP contribution is -2.24. The van der Waals surface area contributed by atoms with Crippen LogP contribution in [0, 0.1) is 11.8 Å². The van der Waals surface area contributed by atoms with Gasteiger partial charge in [-0.15, -0.1) is 0 Å². The van der Waals surface area contributed by atoms with Crippen molar-refractivity contribution in [1.82, 2.24) is 0 Å². The zero-order chi connectivity index (χ0) is 8.39. The van der Waals surface area contributed by atoms with Crippen LogP contribution in [0.3, 0.4) is 0 Å². The van der Waals surface area contributed by atoms with Crippen molar-refractivity contribution >= 4 is 5.78 Å². The molecule has 0 aromatic carbocycles. The Morgan fingerprint density at radius 3 is 2.50 bits per heavy atom. The van der Waals surface area contributed by atoms with Crippen molar-refractivity contribution in [1.29, 1.82) is 0 Å². The number of carbonyl (C=O) groups is 1. The third-order valence-electron chi connectivity index (χ3n) is 3.52. The Hall–Kier alpha value is -0.330. The fraction of sp³-hybridized carbons (Fsp3) is 0.909. The summed E-state index contributed by atoms with van der Waals surface area (Å²) in [5, 5.41) is 0. The monoisotopic (exact) mass is 166 g/mol. The van der Waals surface area contributed by atoms with Gasteiger partial charge in [-0.05, 0) is 25.2 Å². The Morgan fingerprint density at radius 1 is 1.08 bits per heavy atom. The van der Waals surface area contributed by atoms with Gasteiger partial charge in [0.15, 0.2) is 0 Å². The fourth-order valence-electron chi connectivity index (χ4n) is 2.44. The largest absolute Gasteiger partial charge is 0.299 e. The van der Waals surface area contributed by atoms with Gasteiger partial charge in [0.1, 0.15) is 5.78 Å². The first-order chi connectivity index (χ1) is 5.86. The fourth-order valence-corrected chi connectivity index (χ4v) is 2.44. The molecule has 0 aromatic heterocycles. The molecule has 0 bridgehead atoms. The minimum atomic E-state index is 0.462. The van der Waals surface area contributed by atoms with Gasteiger partial charge >= 0.3 is 0 Å². The molecule has 12 heavy (non-hydrogen) atoms. The predicted molar refractivity (Wildman–Crippen MR) is 48.9 cm³/mol. The second kappa shape index (κ2) is 3.59. The normalized spacial score (nSPS) is 31.7. The van der Waals surface area contributed by atoms with E-state index in [-0.39, 0.29) is 0 Å². The van der Waals surface area contributed by atoms with E-state index in [0.29, 0.717) is 11.7 Å². The van der Waals surface area contributed by atoms with Gasteiger partial charge in [-0.3, -0.25) is 4.79 Å². The minimum Gasteiger partial charge on any atom is -0.299 e. The lowest BCUT2D eigenvalue weighted by atomic mass is 9.74. The van der Waals surface area contributed by atoms with Crippen molar-refractivity contribution in [3.63, 3.8) is 0 Å². The zero-order valence-corrected chi connectivity index (χ0v) is 7.72. The van der Waals surface area contributed by atoms with Crippen LogP contribution in [-0.2, 0) is 4.79 Å². The van der Waals surface area contributed by atoms with E-state index in [2.05, 4.69) is 0 Å². The number of carbonyl (C=O) groups excluding carboxylic acids is 1. The molecule has 0 aromatic rings. The molecule has 2 fully saturated rings. The maximum atomic E-state index is 11.5. The van der Waals surface area contributed by atoms with E-state index in [1.807, 2.05) is 0 Å². The average Bonchev–Trinajstić information content (AvgIpc) is 2.00. The van der Waals surface area contributed by atoms with Crippen molar-refractivity contribution in [3.05, 3.63) is 0 Å². The topological polar surface area (TPSA) is 17.1 Å². The quantitative estimate of drug-likeness (QED) is 0.616. The second-order valence-corrected chi connectivity index (χ2v) is 4.44. The molecule has 1 unspecified atom stereocenters. The molecule has 1 atom stereocenters. The van der Waals surface area contributed by atoms with E-state index >= 15 is 0 Å². The van der Waals surface area contributed by atoms with Crippen LogP contribution >= 0.6 is 0 Å². The van der Waals surface area contributed by atoms with Crippen molar-refractivity contribution < 1.29 is 4.79 Å². The van der Waals surface area contributed by atoms with Crippen LogP contribution in [0.15, 0.2) is 0 Å². The van der Waals surface area contributed by atoms with Crippen LogP contribution < -0.4 is 0 Å². The summed E-state index contributed by atoms with van der Waals surface area (Å²) < 4.78 is 0. The van der Waals surface area contributed by atoms with Gasteiger partial charge in [0.2, 0.25) is 0 Å². The van der Waals surface area contributed by atoms with Gasteiger partial charge < -0.3 is 0 Å². The van der Waals surface area contributed by atoms with E-state index in [4.69, 9.17) is 0 Å². The van der Waals surface area contributed by atoms with Gasteiger partial charge in [-0.2, -0.15) is 0 Å². The molecule has 2 saturated carbocycles. The second-order valence-electron chi connectivity index (χ2n) is 4.44. The maximum Gasteiger partial charge on any atom is 0.135 e. The molecule has 1 nitrogen and oxygen atoms in total. The molecule has 1 heteroatoms.